The number of hydrogen-bond donors (Lipinski definition) is 1. The van der Waals surface area contributed by atoms with Gasteiger partial charge in [-0.3, -0.25) is 10.1 Å². The van der Waals surface area contributed by atoms with Crippen molar-refractivity contribution in [3.8, 4) is 5.69 Å². The lowest BCUT2D eigenvalue weighted by Crippen LogP contribution is -2.38. The number of benzene rings is 1. The van der Waals surface area contributed by atoms with Gasteiger partial charge in [-0.15, -0.1) is 0 Å². The fourth-order valence-electron chi connectivity index (χ4n) is 1.13. The molecule has 9 heteroatoms. The van der Waals surface area contributed by atoms with Crippen LogP contribution in [0, 0.1) is 10.1 Å². The maximum atomic E-state index is 10.7. The summed E-state index contributed by atoms with van der Waals surface area (Å²) in [6, 6.07) is 3.86. The molecular formula is C7H4ClN4O4+. The third kappa shape index (κ3) is 1.77. The van der Waals surface area contributed by atoms with Crippen molar-refractivity contribution >= 4 is 17.3 Å². The Kier molecular flexibility index (Phi) is 2.41. The molecule has 0 aliphatic heterocycles. The normalized spacial score (nSPS) is 10.3. The van der Waals surface area contributed by atoms with Crippen LogP contribution in [0.2, 0.25) is 5.02 Å². The topological polar surface area (TPSA) is 106 Å². The largest absolute Gasteiger partial charge is 0.493 e. The molecule has 0 spiro atoms. The Morgan fingerprint density at radius 2 is 2.31 bits per heavy atom. The first kappa shape index (κ1) is 10.3. The lowest BCUT2D eigenvalue weighted by Gasteiger charge is -1.92. The zero-order chi connectivity index (χ0) is 11.7. The van der Waals surface area contributed by atoms with Gasteiger partial charge in [-0.25, -0.2) is 9.32 Å². The van der Waals surface area contributed by atoms with Crippen LogP contribution in [-0.4, -0.2) is 15.3 Å². The Bertz CT molecular complexity index is 604. The van der Waals surface area contributed by atoms with Crippen molar-refractivity contribution in [1.82, 2.24) is 10.4 Å². The Balaban J connectivity index is 2.66. The van der Waals surface area contributed by atoms with Crippen LogP contribution in [0.1, 0.15) is 0 Å². The predicted molar refractivity (Wildman–Crippen MR) is 50.3 cm³/mol. The molecule has 0 unspecified atom stereocenters. The average molecular weight is 244 g/mol. The summed E-state index contributed by atoms with van der Waals surface area (Å²) in [4.78, 5) is 21.7. The highest BCUT2D eigenvalue weighted by molar-refractivity contribution is 6.30. The molecule has 8 nitrogen and oxygen atoms in total. The first-order chi connectivity index (χ1) is 7.58. The van der Waals surface area contributed by atoms with Gasteiger partial charge in [-0.05, 0) is 6.07 Å². The van der Waals surface area contributed by atoms with Crippen LogP contribution < -0.4 is 10.6 Å². The molecule has 0 aliphatic carbocycles. The predicted octanol–water partition coefficient (Wildman–Crippen LogP) is 0.201. The van der Waals surface area contributed by atoms with Gasteiger partial charge in [0.25, 0.3) is 0 Å². The Hall–Kier alpha value is -2.22. The van der Waals surface area contributed by atoms with E-state index in [-0.39, 0.29) is 16.4 Å². The molecule has 0 fully saturated rings. The lowest BCUT2D eigenvalue weighted by molar-refractivity contribution is -0.727. The number of halogens is 1. The van der Waals surface area contributed by atoms with E-state index in [1.54, 1.807) is 0 Å². The van der Waals surface area contributed by atoms with E-state index in [0.717, 1.165) is 4.80 Å². The second kappa shape index (κ2) is 3.74. The highest BCUT2D eigenvalue weighted by atomic mass is 35.5. The minimum absolute atomic E-state index is 0.0170. The summed E-state index contributed by atoms with van der Waals surface area (Å²) < 4.78 is 4.23. The van der Waals surface area contributed by atoms with Crippen LogP contribution in [0.5, 0.6) is 0 Å². The summed E-state index contributed by atoms with van der Waals surface area (Å²) in [6.45, 7) is 0. The second-order valence-electron chi connectivity index (χ2n) is 2.77. The first-order valence-corrected chi connectivity index (χ1v) is 4.38. The van der Waals surface area contributed by atoms with Crippen LogP contribution in [0.3, 0.4) is 0 Å². The van der Waals surface area contributed by atoms with Gasteiger partial charge in [0, 0.05) is 17.2 Å². The number of aromatic amines is 1. The molecule has 0 radical (unpaired) electrons. The summed E-state index contributed by atoms with van der Waals surface area (Å²) >= 11 is 5.69. The van der Waals surface area contributed by atoms with E-state index in [0.29, 0.717) is 0 Å². The monoisotopic (exact) mass is 243 g/mol. The van der Waals surface area contributed by atoms with E-state index in [1.807, 2.05) is 0 Å². The van der Waals surface area contributed by atoms with Crippen molar-refractivity contribution in [2.24, 2.45) is 0 Å². The van der Waals surface area contributed by atoms with E-state index in [4.69, 9.17) is 11.6 Å². The van der Waals surface area contributed by atoms with E-state index in [1.165, 1.54) is 18.2 Å². The van der Waals surface area contributed by atoms with E-state index in [9.17, 15) is 14.9 Å². The third-order valence-corrected chi connectivity index (χ3v) is 2.00. The summed E-state index contributed by atoms with van der Waals surface area (Å²) in [5.74, 6) is -0.825. The number of rotatable bonds is 2. The van der Waals surface area contributed by atoms with Crippen molar-refractivity contribution in [2.75, 3.05) is 0 Å². The van der Waals surface area contributed by atoms with Gasteiger partial charge in [0.15, 0.2) is 0 Å². The van der Waals surface area contributed by atoms with Crippen LogP contribution in [0.15, 0.2) is 27.5 Å². The van der Waals surface area contributed by atoms with Crippen molar-refractivity contribution in [1.29, 1.82) is 0 Å². The fraction of sp³-hybridized carbons (Fsp3) is 0. The minimum atomic E-state index is -0.825. The Morgan fingerprint density at radius 3 is 2.88 bits per heavy atom. The summed E-state index contributed by atoms with van der Waals surface area (Å²) in [5, 5.41) is 16.4. The first-order valence-electron chi connectivity index (χ1n) is 4.00. The Labute approximate surface area is 92.2 Å². The third-order valence-electron chi connectivity index (χ3n) is 1.76. The quantitative estimate of drug-likeness (QED) is 0.461. The number of nitro groups is 1. The van der Waals surface area contributed by atoms with E-state index in [2.05, 4.69) is 14.9 Å². The van der Waals surface area contributed by atoms with Gasteiger partial charge in [-0.2, -0.15) is 0 Å². The van der Waals surface area contributed by atoms with Crippen LogP contribution in [-0.2, 0) is 0 Å². The minimum Gasteiger partial charge on any atom is -0.258 e. The molecule has 1 aromatic heterocycles. The molecule has 0 saturated heterocycles. The summed E-state index contributed by atoms with van der Waals surface area (Å²) in [7, 11) is 0. The molecule has 0 saturated carbocycles. The van der Waals surface area contributed by atoms with Crippen LogP contribution in [0.25, 0.3) is 5.69 Å². The van der Waals surface area contributed by atoms with Gasteiger partial charge in [0.2, 0.25) is 5.27 Å². The summed E-state index contributed by atoms with van der Waals surface area (Å²) in [5.41, 5.74) is -0.234. The second-order valence-corrected chi connectivity index (χ2v) is 3.21. The number of nitro benzene ring substituents is 1. The van der Waals surface area contributed by atoms with Crippen LogP contribution in [0.4, 0.5) is 5.69 Å². The molecule has 1 N–H and O–H groups in total. The molecule has 2 aromatic rings. The average Bonchev–Trinajstić information content (AvgIpc) is 2.64. The molecule has 82 valence electrons. The maximum absolute atomic E-state index is 10.7. The van der Waals surface area contributed by atoms with Crippen molar-refractivity contribution in [3.63, 3.8) is 0 Å². The SMILES string of the molecule is O=c1[nH][n+](-c2cc(Cl)ccc2[N+](=O)[O-])no1. The van der Waals surface area contributed by atoms with Crippen molar-refractivity contribution in [3.05, 3.63) is 43.9 Å². The number of hydrogen-bond acceptors (Lipinski definition) is 5. The number of aromatic nitrogens is 3. The van der Waals surface area contributed by atoms with Crippen molar-refractivity contribution in [2.45, 2.75) is 0 Å². The van der Waals surface area contributed by atoms with Crippen molar-refractivity contribution < 1.29 is 14.2 Å². The molecule has 1 aromatic carbocycles. The molecule has 0 atom stereocenters. The Morgan fingerprint density at radius 1 is 1.56 bits per heavy atom. The van der Waals surface area contributed by atoms with Crippen LogP contribution >= 0.6 is 11.6 Å². The number of H-pyrrole nitrogens is 1. The van der Waals surface area contributed by atoms with E-state index < -0.39 is 10.7 Å². The smallest absolute Gasteiger partial charge is 0.258 e. The highest BCUT2D eigenvalue weighted by Crippen LogP contribution is 2.21. The van der Waals surface area contributed by atoms with Gasteiger partial charge in [-0.1, -0.05) is 16.7 Å². The van der Waals surface area contributed by atoms with Gasteiger partial charge < -0.3 is 0 Å². The molecule has 16 heavy (non-hydrogen) atoms. The summed E-state index contributed by atoms with van der Waals surface area (Å²) in [6.07, 6.45) is 0. The molecule has 1 heterocycles. The van der Waals surface area contributed by atoms with Gasteiger partial charge in [0.05, 0.1) is 9.72 Å². The molecule has 0 bridgehead atoms. The zero-order valence-electron chi connectivity index (χ0n) is 7.58. The molecule has 0 aliphatic rings. The maximum Gasteiger partial charge on any atom is 0.493 e. The molecule has 0 amide bonds. The highest BCUT2D eigenvalue weighted by Gasteiger charge is 2.27. The van der Waals surface area contributed by atoms with Gasteiger partial charge >= 0.3 is 17.1 Å². The zero-order valence-corrected chi connectivity index (χ0v) is 8.34. The lowest BCUT2D eigenvalue weighted by atomic mass is 10.3. The van der Waals surface area contributed by atoms with Gasteiger partial charge in [0.1, 0.15) is 0 Å². The standard InChI is InChI=1S/C7H3ClN4O4/c8-4-1-2-5(12(14)15)6(3-4)11-9-7(13)16-10-11/h1-3H/p+1. The fourth-order valence-corrected chi connectivity index (χ4v) is 1.30. The number of nitrogens with zero attached hydrogens (tertiary/aromatic N) is 3. The number of nitrogens with one attached hydrogen (secondary N) is 1. The molecular weight excluding hydrogens is 240 g/mol. The van der Waals surface area contributed by atoms with E-state index >= 15 is 0 Å². The molecule has 2 rings (SSSR count).